The van der Waals surface area contributed by atoms with Crippen molar-refractivity contribution in [1.29, 1.82) is 0 Å². The van der Waals surface area contributed by atoms with Crippen LogP contribution in [0.15, 0.2) is 61.2 Å². The first-order valence-corrected chi connectivity index (χ1v) is 6.01. The number of carbonyl (C=O) groups excluding carboxylic acids is 1. The van der Waals surface area contributed by atoms with Gasteiger partial charge in [-0.15, -0.1) is 0 Å². The van der Waals surface area contributed by atoms with Gasteiger partial charge in [0.05, 0.1) is 5.69 Å². The zero-order valence-electron chi connectivity index (χ0n) is 10.5. The van der Waals surface area contributed by atoms with E-state index in [9.17, 15) is 4.79 Å². The summed E-state index contributed by atoms with van der Waals surface area (Å²) in [6, 6.07) is 10.7. The lowest BCUT2D eigenvalue weighted by Crippen LogP contribution is -2.14. The topological polar surface area (TPSA) is 72.7 Å². The molecule has 0 radical (unpaired) electrons. The molecule has 0 spiro atoms. The number of carbonyl (C=O) groups is 1. The van der Waals surface area contributed by atoms with Crippen LogP contribution in [-0.2, 0) is 0 Å². The van der Waals surface area contributed by atoms with Crippen molar-refractivity contribution in [2.75, 3.05) is 5.32 Å². The summed E-state index contributed by atoms with van der Waals surface area (Å²) in [6.07, 6.45) is 6.65. The molecule has 0 aliphatic rings. The first-order valence-electron chi connectivity index (χ1n) is 6.01. The summed E-state index contributed by atoms with van der Waals surface area (Å²) in [5.74, 6) is 0.0206. The maximum atomic E-state index is 12.1. The van der Waals surface area contributed by atoms with Crippen LogP contribution in [0.5, 0.6) is 0 Å². The standard InChI is InChI=1S/C14H11N5O/c20-13(18-14-15-6-2-7-16-14)11-4-1-5-12(10-11)19-9-3-8-17-19/h1-10H,(H,15,16,18,20). The summed E-state index contributed by atoms with van der Waals surface area (Å²) in [5.41, 5.74) is 1.34. The zero-order valence-corrected chi connectivity index (χ0v) is 10.5. The Morgan fingerprint density at radius 1 is 1.05 bits per heavy atom. The van der Waals surface area contributed by atoms with Crippen molar-refractivity contribution in [3.63, 3.8) is 0 Å². The minimum Gasteiger partial charge on any atom is -0.290 e. The number of hydrogen-bond donors (Lipinski definition) is 1. The van der Waals surface area contributed by atoms with Crippen LogP contribution in [0.4, 0.5) is 5.95 Å². The van der Waals surface area contributed by atoms with Crippen molar-refractivity contribution >= 4 is 11.9 Å². The molecule has 98 valence electrons. The van der Waals surface area contributed by atoms with E-state index in [1.165, 1.54) is 0 Å². The van der Waals surface area contributed by atoms with Crippen LogP contribution in [0.25, 0.3) is 5.69 Å². The number of hydrogen-bond acceptors (Lipinski definition) is 4. The molecule has 2 aromatic heterocycles. The SMILES string of the molecule is O=C(Nc1ncccn1)c1cccc(-n2cccn2)c1. The maximum Gasteiger partial charge on any atom is 0.258 e. The van der Waals surface area contributed by atoms with Crippen LogP contribution in [0.3, 0.4) is 0 Å². The Hall–Kier alpha value is -3.02. The molecule has 0 saturated heterocycles. The highest BCUT2D eigenvalue weighted by Gasteiger charge is 2.08. The lowest BCUT2D eigenvalue weighted by atomic mass is 10.2. The third-order valence-corrected chi connectivity index (χ3v) is 2.67. The molecule has 6 nitrogen and oxygen atoms in total. The molecule has 0 unspecified atom stereocenters. The molecule has 1 amide bonds. The van der Waals surface area contributed by atoms with Crippen LogP contribution in [-0.4, -0.2) is 25.7 Å². The number of nitrogens with zero attached hydrogens (tertiary/aromatic N) is 4. The smallest absolute Gasteiger partial charge is 0.258 e. The normalized spacial score (nSPS) is 10.2. The van der Waals surface area contributed by atoms with E-state index in [4.69, 9.17) is 0 Å². The van der Waals surface area contributed by atoms with Crippen LogP contribution in [0, 0.1) is 0 Å². The van der Waals surface area contributed by atoms with Crippen LogP contribution in [0.2, 0.25) is 0 Å². The third kappa shape index (κ3) is 2.54. The van der Waals surface area contributed by atoms with Crippen LogP contribution in [0.1, 0.15) is 10.4 Å². The lowest BCUT2D eigenvalue weighted by molar-refractivity contribution is 0.102. The molecule has 20 heavy (non-hydrogen) atoms. The lowest BCUT2D eigenvalue weighted by Gasteiger charge is -2.05. The number of benzene rings is 1. The molecule has 0 aliphatic heterocycles. The molecule has 3 rings (SSSR count). The second-order valence-electron chi connectivity index (χ2n) is 4.03. The van der Waals surface area contributed by atoms with Gasteiger partial charge in [-0.2, -0.15) is 5.10 Å². The fourth-order valence-electron chi connectivity index (χ4n) is 1.75. The van der Waals surface area contributed by atoms with Crippen molar-refractivity contribution in [3.05, 3.63) is 66.7 Å². The monoisotopic (exact) mass is 265 g/mol. The van der Waals surface area contributed by atoms with Gasteiger partial charge in [-0.1, -0.05) is 6.07 Å². The first-order chi connectivity index (χ1) is 9.83. The molecule has 1 aromatic carbocycles. The van der Waals surface area contributed by atoms with Crippen LogP contribution >= 0.6 is 0 Å². The Morgan fingerprint density at radius 3 is 2.65 bits per heavy atom. The van der Waals surface area contributed by atoms with Gasteiger partial charge in [0.25, 0.3) is 5.91 Å². The average Bonchev–Trinajstić information content (AvgIpc) is 3.03. The van der Waals surface area contributed by atoms with E-state index >= 15 is 0 Å². The molecule has 0 fully saturated rings. The third-order valence-electron chi connectivity index (χ3n) is 2.67. The molecular formula is C14H11N5O. The summed E-state index contributed by atoms with van der Waals surface area (Å²) in [4.78, 5) is 20.0. The summed E-state index contributed by atoms with van der Waals surface area (Å²) in [5, 5.41) is 6.77. The van der Waals surface area contributed by atoms with Crippen LogP contribution < -0.4 is 5.32 Å². The largest absolute Gasteiger partial charge is 0.290 e. The van der Waals surface area contributed by atoms with E-state index in [1.807, 2.05) is 18.3 Å². The predicted molar refractivity (Wildman–Crippen MR) is 73.5 cm³/mol. The van der Waals surface area contributed by atoms with Crippen molar-refractivity contribution < 1.29 is 4.79 Å². The second kappa shape index (κ2) is 5.31. The number of nitrogens with one attached hydrogen (secondary N) is 1. The second-order valence-corrected chi connectivity index (χ2v) is 4.03. The predicted octanol–water partition coefficient (Wildman–Crippen LogP) is 1.91. The molecule has 0 aliphatic carbocycles. The van der Waals surface area contributed by atoms with E-state index < -0.39 is 0 Å². The molecule has 1 N–H and O–H groups in total. The summed E-state index contributed by atoms with van der Waals surface area (Å²) in [7, 11) is 0. The molecule has 0 bridgehead atoms. The van der Waals surface area contributed by atoms with Crippen molar-refractivity contribution in [3.8, 4) is 5.69 Å². The molecule has 6 heteroatoms. The van der Waals surface area contributed by atoms with Crippen molar-refractivity contribution in [1.82, 2.24) is 19.7 Å². The van der Waals surface area contributed by atoms with Gasteiger partial charge in [-0.3, -0.25) is 10.1 Å². The Kier molecular flexibility index (Phi) is 3.20. The highest BCUT2D eigenvalue weighted by Crippen LogP contribution is 2.10. The summed E-state index contributed by atoms with van der Waals surface area (Å²) >= 11 is 0. The Bertz CT molecular complexity index is 709. The number of amides is 1. The van der Waals surface area contributed by atoms with Gasteiger partial charge in [0.15, 0.2) is 0 Å². The van der Waals surface area contributed by atoms with E-state index in [0.717, 1.165) is 5.69 Å². The molecule has 0 atom stereocenters. The molecule has 0 saturated carbocycles. The van der Waals surface area contributed by atoms with E-state index in [0.29, 0.717) is 5.56 Å². The number of anilines is 1. The number of aromatic nitrogens is 4. The van der Waals surface area contributed by atoms with Gasteiger partial charge < -0.3 is 0 Å². The highest BCUT2D eigenvalue weighted by atomic mass is 16.1. The van der Waals surface area contributed by atoms with Gasteiger partial charge >= 0.3 is 0 Å². The van der Waals surface area contributed by atoms with Gasteiger partial charge in [0.2, 0.25) is 5.95 Å². The Labute approximate surface area is 115 Å². The van der Waals surface area contributed by atoms with E-state index in [1.54, 1.807) is 47.5 Å². The summed E-state index contributed by atoms with van der Waals surface area (Å²) in [6.45, 7) is 0. The maximum absolute atomic E-state index is 12.1. The Balaban J connectivity index is 1.84. The Morgan fingerprint density at radius 2 is 1.90 bits per heavy atom. The van der Waals surface area contributed by atoms with E-state index in [2.05, 4.69) is 20.4 Å². The van der Waals surface area contributed by atoms with Gasteiger partial charge in [-0.05, 0) is 30.3 Å². The molecule has 2 heterocycles. The average molecular weight is 265 g/mol. The fourth-order valence-corrected chi connectivity index (χ4v) is 1.75. The zero-order chi connectivity index (χ0) is 13.8. The molecule has 3 aromatic rings. The fraction of sp³-hybridized carbons (Fsp3) is 0. The first kappa shape index (κ1) is 12.0. The molecular weight excluding hydrogens is 254 g/mol. The minimum atomic E-state index is -0.259. The van der Waals surface area contributed by atoms with Crippen molar-refractivity contribution in [2.45, 2.75) is 0 Å². The number of rotatable bonds is 3. The quantitative estimate of drug-likeness (QED) is 0.785. The summed E-state index contributed by atoms with van der Waals surface area (Å²) < 4.78 is 1.69. The van der Waals surface area contributed by atoms with Crippen molar-refractivity contribution in [2.24, 2.45) is 0 Å². The van der Waals surface area contributed by atoms with E-state index in [-0.39, 0.29) is 11.9 Å². The van der Waals surface area contributed by atoms with Gasteiger partial charge in [0, 0.05) is 30.4 Å². The minimum absolute atomic E-state index is 0.259. The van der Waals surface area contributed by atoms with Gasteiger partial charge in [-0.25, -0.2) is 14.6 Å². The highest BCUT2D eigenvalue weighted by molar-refractivity contribution is 6.03. The van der Waals surface area contributed by atoms with Gasteiger partial charge in [0.1, 0.15) is 0 Å².